The molecule has 5 nitrogen and oxygen atoms in total. The molecule has 0 aliphatic heterocycles. The van der Waals surface area contributed by atoms with E-state index in [4.69, 9.17) is 11.6 Å². The van der Waals surface area contributed by atoms with E-state index < -0.39 is 0 Å². The maximum Gasteiger partial charge on any atom is 0.199 e. The van der Waals surface area contributed by atoms with Crippen molar-refractivity contribution in [1.29, 1.82) is 0 Å². The highest BCUT2D eigenvalue weighted by atomic mass is 15.3. The third-order valence-electron chi connectivity index (χ3n) is 1.04. The molecule has 0 aromatic carbocycles. The van der Waals surface area contributed by atoms with Crippen molar-refractivity contribution in [3.8, 4) is 0 Å². The topological polar surface area (TPSA) is 92.8 Å². The Labute approximate surface area is 52.4 Å². The van der Waals surface area contributed by atoms with Crippen molar-refractivity contribution in [1.82, 2.24) is 9.97 Å². The number of nitrogens with one attached hydrogen (secondary N) is 2. The molecule has 0 fully saturated rings. The third kappa shape index (κ3) is 0.945. The number of nitrogens with zero attached hydrogens (tertiary/aromatic N) is 1. The van der Waals surface area contributed by atoms with Gasteiger partial charge >= 0.3 is 0 Å². The number of imidazole rings is 1. The molecule has 0 aliphatic carbocycles. The van der Waals surface area contributed by atoms with Crippen LogP contribution in [0.4, 0.5) is 11.8 Å². The van der Waals surface area contributed by atoms with Crippen LogP contribution in [0.25, 0.3) is 0 Å². The largest absolute Gasteiger partial charge is 0.369 e. The molecule has 1 rings (SSSR count). The average molecular weight is 127 g/mol. The van der Waals surface area contributed by atoms with E-state index in [9.17, 15) is 0 Å². The summed E-state index contributed by atoms with van der Waals surface area (Å²) in [6, 6.07) is 0. The van der Waals surface area contributed by atoms with E-state index in [1.54, 1.807) is 0 Å². The molecule has 9 heavy (non-hydrogen) atoms. The second-order valence-electron chi connectivity index (χ2n) is 1.74. The molecular formula is C4H9N5. The van der Waals surface area contributed by atoms with Crippen molar-refractivity contribution in [2.24, 2.45) is 5.84 Å². The molecule has 0 bridgehead atoms. The van der Waals surface area contributed by atoms with Gasteiger partial charge in [0.1, 0.15) is 0 Å². The summed E-state index contributed by atoms with van der Waals surface area (Å²) in [7, 11) is 0. The van der Waals surface area contributed by atoms with Gasteiger partial charge in [-0.1, -0.05) is 0 Å². The number of anilines is 2. The van der Waals surface area contributed by atoms with E-state index in [0.717, 1.165) is 5.69 Å². The lowest BCUT2D eigenvalue weighted by Gasteiger charge is -1.90. The molecule has 0 aliphatic rings. The molecule has 0 atom stereocenters. The highest BCUT2D eigenvalue weighted by Gasteiger charge is 1.99. The van der Waals surface area contributed by atoms with Crippen molar-refractivity contribution in [2.75, 3.05) is 11.2 Å². The zero-order valence-corrected chi connectivity index (χ0v) is 5.10. The molecule has 0 amide bonds. The van der Waals surface area contributed by atoms with E-state index >= 15 is 0 Å². The Kier molecular flexibility index (Phi) is 1.27. The Bertz CT molecular complexity index is 203. The van der Waals surface area contributed by atoms with E-state index in [1.165, 1.54) is 0 Å². The third-order valence-corrected chi connectivity index (χ3v) is 1.04. The van der Waals surface area contributed by atoms with Crippen LogP contribution in [-0.2, 0) is 0 Å². The van der Waals surface area contributed by atoms with Gasteiger partial charge in [0.2, 0.25) is 0 Å². The fourth-order valence-corrected chi connectivity index (χ4v) is 0.624. The minimum Gasteiger partial charge on any atom is -0.369 e. The lowest BCUT2D eigenvalue weighted by atomic mass is 10.5. The van der Waals surface area contributed by atoms with Crippen molar-refractivity contribution >= 4 is 11.8 Å². The Morgan fingerprint density at radius 2 is 2.33 bits per heavy atom. The number of aryl methyl sites for hydroxylation is 1. The zero-order chi connectivity index (χ0) is 6.85. The fourth-order valence-electron chi connectivity index (χ4n) is 0.624. The van der Waals surface area contributed by atoms with E-state index in [0.29, 0.717) is 11.8 Å². The van der Waals surface area contributed by atoms with Gasteiger partial charge in [0, 0.05) is 0 Å². The Balaban J connectivity index is 3.01. The van der Waals surface area contributed by atoms with Gasteiger partial charge in [0.25, 0.3) is 0 Å². The van der Waals surface area contributed by atoms with Crippen LogP contribution in [0.3, 0.4) is 0 Å². The number of aromatic nitrogens is 2. The molecule has 0 spiro atoms. The number of hydrogen-bond acceptors (Lipinski definition) is 4. The second-order valence-corrected chi connectivity index (χ2v) is 1.74. The van der Waals surface area contributed by atoms with Gasteiger partial charge in [-0.25, -0.2) is 5.84 Å². The van der Waals surface area contributed by atoms with Crippen LogP contribution < -0.4 is 17.0 Å². The molecular weight excluding hydrogens is 118 g/mol. The number of rotatable bonds is 1. The minimum atomic E-state index is 0.375. The molecule has 50 valence electrons. The number of hydrogen-bond donors (Lipinski definition) is 4. The van der Waals surface area contributed by atoms with Crippen LogP contribution in [-0.4, -0.2) is 9.97 Å². The molecule has 6 N–H and O–H groups in total. The van der Waals surface area contributed by atoms with Crippen molar-refractivity contribution in [3.63, 3.8) is 0 Å². The van der Waals surface area contributed by atoms with Crippen LogP contribution in [0.1, 0.15) is 5.69 Å². The monoisotopic (exact) mass is 127 g/mol. The van der Waals surface area contributed by atoms with Gasteiger partial charge in [-0.05, 0) is 6.92 Å². The summed E-state index contributed by atoms with van der Waals surface area (Å²) in [6.07, 6.45) is 0. The van der Waals surface area contributed by atoms with E-state index in [-0.39, 0.29) is 0 Å². The first-order valence-corrected chi connectivity index (χ1v) is 2.52. The molecule has 5 heteroatoms. The van der Waals surface area contributed by atoms with Crippen LogP contribution in [0.15, 0.2) is 0 Å². The quantitative estimate of drug-likeness (QED) is 0.304. The summed E-state index contributed by atoms with van der Waals surface area (Å²) in [5.74, 6) is 6.04. The van der Waals surface area contributed by atoms with Crippen LogP contribution >= 0.6 is 0 Å². The normalized spacial score (nSPS) is 9.56. The Morgan fingerprint density at radius 1 is 1.67 bits per heavy atom. The smallest absolute Gasteiger partial charge is 0.199 e. The summed E-state index contributed by atoms with van der Waals surface area (Å²) in [5, 5.41) is 0. The van der Waals surface area contributed by atoms with Crippen LogP contribution in [0.2, 0.25) is 0 Å². The SMILES string of the molecule is Cc1[nH]c(N)nc1NN. The highest BCUT2D eigenvalue weighted by Crippen LogP contribution is 2.08. The van der Waals surface area contributed by atoms with Crippen molar-refractivity contribution < 1.29 is 0 Å². The lowest BCUT2D eigenvalue weighted by molar-refractivity contribution is 1.24. The molecule has 0 unspecified atom stereocenters. The number of hydrazine groups is 1. The van der Waals surface area contributed by atoms with Gasteiger partial charge in [-0.15, -0.1) is 0 Å². The average Bonchev–Trinajstić information content (AvgIpc) is 2.10. The number of nitrogens with two attached hydrogens (primary N) is 2. The highest BCUT2D eigenvalue weighted by molar-refractivity contribution is 5.43. The second kappa shape index (κ2) is 1.94. The minimum absolute atomic E-state index is 0.375. The predicted molar refractivity (Wildman–Crippen MR) is 35.5 cm³/mol. The number of H-pyrrole nitrogens is 1. The van der Waals surface area contributed by atoms with Gasteiger partial charge in [-0.3, -0.25) is 0 Å². The summed E-state index contributed by atoms with van der Waals surface area (Å²) in [4.78, 5) is 6.60. The fraction of sp³-hybridized carbons (Fsp3) is 0.250. The Hall–Kier alpha value is -1.23. The van der Waals surface area contributed by atoms with E-state index in [1.807, 2.05) is 6.92 Å². The molecule has 1 heterocycles. The number of nitrogen functional groups attached to an aromatic ring is 2. The van der Waals surface area contributed by atoms with Crippen molar-refractivity contribution in [2.45, 2.75) is 6.92 Å². The van der Waals surface area contributed by atoms with Crippen LogP contribution in [0, 0.1) is 6.92 Å². The first-order valence-electron chi connectivity index (χ1n) is 2.52. The molecule has 1 aromatic rings. The number of aromatic amines is 1. The lowest BCUT2D eigenvalue weighted by Crippen LogP contribution is -2.08. The summed E-state index contributed by atoms with van der Waals surface area (Å²) < 4.78 is 0. The zero-order valence-electron chi connectivity index (χ0n) is 5.10. The maximum atomic E-state index is 5.29. The first kappa shape index (κ1) is 5.90. The van der Waals surface area contributed by atoms with Gasteiger partial charge in [0.15, 0.2) is 11.8 Å². The molecule has 0 saturated carbocycles. The first-order chi connectivity index (χ1) is 4.24. The van der Waals surface area contributed by atoms with E-state index in [2.05, 4.69) is 15.4 Å². The van der Waals surface area contributed by atoms with Gasteiger partial charge < -0.3 is 16.1 Å². The Morgan fingerprint density at radius 3 is 2.56 bits per heavy atom. The summed E-state index contributed by atoms with van der Waals surface area (Å²) in [5.41, 5.74) is 8.53. The van der Waals surface area contributed by atoms with Gasteiger partial charge in [0.05, 0.1) is 5.69 Å². The maximum absolute atomic E-state index is 5.29. The van der Waals surface area contributed by atoms with Crippen molar-refractivity contribution in [3.05, 3.63) is 5.69 Å². The molecule has 0 radical (unpaired) electrons. The van der Waals surface area contributed by atoms with Crippen LogP contribution in [0.5, 0.6) is 0 Å². The van der Waals surface area contributed by atoms with Gasteiger partial charge in [-0.2, -0.15) is 4.98 Å². The molecule has 1 aromatic heterocycles. The predicted octanol–water partition coefficient (Wildman–Crippen LogP) is -0.414. The molecule has 0 saturated heterocycles. The summed E-state index contributed by atoms with van der Waals surface area (Å²) >= 11 is 0. The summed E-state index contributed by atoms with van der Waals surface area (Å²) in [6.45, 7) is 1.83. The standard InChI is InChI=1S/C4H9N5/c1-2-3(9-6)8-4(5)7-2/h9H,6H2,1H3,(H3,5,7,8).